The molecule has 2 saturated carbocycles. The van der Waals surface area contributed by atoms with E-state index in [1.807, 2.05) is 0 Å². The lowest BCUT2D eigenvalue weighted by atomic mass is 9.83. The van der Waals surface area contributed by atoms with Gasteiger partial charge in [0.2, 0.25) is 0 Å². The van der Waals surface area contributed by atoms with Crippen LogP contribution in [0.1, 0.15) is 60.3 Å². The van der Waals surface area contributed by atoms with Gasteiger partial charge < -0.3 is 9.67 Å². The number of carbonyl (C=O) groups is 1. The molecule has 1 aromatic heterocycles. The Bertz CT molecular complexity index is 646. The molecule has 3 rings (SSSR count). The number of aryl methyl sites for hydroxylation is 1. The van der Waals surface area contributed by atoms with E-state index in [9.17, 15) is 14.7 Å². The molecule has 0 saturated heterocycles. The van der Waals surface area contributed by atoms with E-state index >= 15 is 0 Å². The Hall–Kier alpha value is -1.58. The van der Waals surface area contributed by atoms with Gasteiger partial charge >= 0.3 is 5.97 Å². The molecule has 4 unspecified atom stereocenters. The smallest absolute Gasteiger partial charge is 0.337 e. The molecule has 2 aliphatic rings. The summed E-state index contributed by atoms with van der Waals surface area (Å²) in [6, 6.07) is 1.56. The minimum atomic E-state index is -0.945. The maximum Gasteiger partial charge on any atom is 0.337 e. The summed E-state index contributed by atoms with van der Waals surface area (Å²) >= 11 is 0. The quantitative estimate of drug-likeness (QED) is 0.929. The first kappa shape index (κ1) is 14.4. The van der Waals surface area contributed by atoms with Crippen molar-refractivity contribution in [3.63, 3.8) is 0 Å². The van der Waals surface area contributed by atoms with E-state index in [2.05, 4.69) is 6.92 Å². The standard InChI is InChI=1S/C17H23NO3/c1-9-6-15(19)18(11(3)16(9)17(20)21)10(2)14-8-12-4-5-13(14)7-12/h6,10,12-14H,4-5,7-8H2,1-3H3,(H,20,21). The molecule has 0 aliphatic heterocycles. The molecule has 4 atom stereocenters. The number of carboxylic acid groups (broad SMARTS) is 1. The van der Waals surface area contributed by atoms with E-state index in [0.717, 1.165) is 5.92 Å². The number of hydrogen-bond acceptors (Lipinski definition) is 2. The molecule has 1 N–H and O–H groups in total. The number of hydrogen-bond donors (Lipinski definition) is 1. The van der Waals surface area contributed by atoms with Gasteiger partial charge in [0.1, 0.15) is 0 Å². The van der Waals surface area contributed by atoms with Crippen molar-refractivity contribution in [1.82, 2.24) is 4.57 Å². The molecule has 2 aliphatic carbocycles. The number of carboxylic acids is 1. The second-order valence-electron chi connectivity index (χ2n) is 6.88. The number of nitrogens with zero attached hydrogens (tertiary/aromatic N) is 1. The first-order valence-electron chi connectivity index (χ1n) is 7.86. The summed E-state index contributed by atoms with van der Waals surface area (Å²) in [5.74, 6) is 1.11. The lowest BCUT2D eigenvalue weighted by Gasteiger charge is -2.31. The van der Waals surface area contributed by atoms with Gasteiger partial charge in [0.15, 0.2) is 0 Å². The molecule has 4 heteroatoms. The molecular formula is C17H23NO3. The number of rotatable bonds is 3. The Labute approximate surface area is 124 Å². The molecule has 4 nitrogen and oxygen atoms in total. The Morgan fingerprint density at radius 1 is 1.33 bits per heavy atom. The first-order valence-corrected chi connectivity index (χ1v) is 7.86. The monoisotopic (exact) mass is 289 g/mol. The summed E-state index contributed by atoms with van der Waals surface area (Å²) in [6.07, 6.45) is 5.08. The highest BCUT2D eigenvalue weighted by atomic mass is 16.4. The third kappa shape index (κ3) is 2.21. The van der Waals surface area contributed by atoms with Gasteiger partial charge in [0, 0.05) is 17.8 Å². The maximum atomic E-state index is 12.4. The molecular weight excluding hydrogens is 266 g/mol. The Kier molecular flexibility index (Phi) is 3.42. The highest BCUT2D eigenvalue weighted by Gasteiger charge is 2.42. The van der Waals surface area contributed by atoms with Crippen LogP contribution in [0.3, 0.4) is 0 Å². The van der Waals surface area contributed by atoms with Gasteiger partial charge in [-0.1, -0.05) is 6.42 Å². The van der Waals surface area contributed by atoms with Crippen molar-refractivity contribution in [3.05, 3.63) is 33.2 Å². The predicted octanol–water partition coefficient (Wildman–Crippen LogP) is 3.16. The van der Waals surface area contributed by atoms with Crippen molar-refractivity contribution in [2.45, 2.75) is 52.5 Å². The maximum absolute atomic E-state index is 12.4. The van der Waals surface area contributed by atoms with Gasteiger partial charge in [-0.05, 0) is 63.4 Å². The first-order chi connectivity index (χ1) is 9.90. The fourth-order valence-corrected chi connectivity index (χ4v) is 4.80. The predicted molar refractivity (Wildman–Crippen MR) is 80.8 cm³/mol. The minimum Gasteiger partial charge on any atom is -0.478 e. The van der Waals surface area contributed by atoms with Crippen LogP contribution in [0.2, 0.25) is 0 Å². The molecule has 0 aromatic carbocycles. The van der Waals surface area contributed by atoms with E-state index in [1.54, 1.807) is 18.4 Å². The zero-order chi connectivity index (χ0) is 15.3. The van der Waals surface area contributed by atoms with E-state index in [0.29, 0.717) is 23.1 Å². The van der Waals surface area contributed by atoms with Crippen LogP contribution >= 0.6 is 0 Å². The molecule has 114 valence electrons. The van der Waals surface area contributed by atoms with Crippen molar-refractivity contribution < 1.29 is 9.90 Å². The number of pyridine rings is 1. The minimum absolute atomic E-state index is 0.0646. The SMILES string of the molecule is Cc1cc(=O)n(C(C)C2CC3CCC2C3)c(C)c1C(=O)O. The lowest BCUT2D eigenvalue weighted by Crippen LogP contribution is -2.33. The highest BCUT2D eigenvalue weighted by Crippen LogP contribution is 2.52. The van der Waals surface area contributed by atoms with Crippen LogP contribution in [-0.4, -0.2) is 15.6 Å². The van der Waals surface area contributed by atoms with Gasteiger partial charge in [-0.15, -0.1) is 0 Å². The highest BCUT2D eigenvalue weighted by molar-refractivity contribution is 5.90. The van der Waals surface area contributed by atoms with Crippen LogP contribution < -0.4 is 5.56 Å². The summed E-state index contributed by atoms with van der Waals surface area (Å²) in [6.45, 7) is 5.55. The molecule has 2 fully saturated rings. The second-order valence-corrected chi connectivity index (χ2v) is 6.88. The summed E-state index contributed by atoms with van der Waals surface area (Å²) in [5.41, 5.74) is 1.37. The summed E-state index contributed by atoms with van der Waals surface area (Å²) < 4.78 is 1.72. The normalized spacial score (nSPS) is 28.8. The van der Waals surface area contributed by atoms with Crippen LogP contribution in [0.5, 0.6) is 0 Å². The van der Waals surface area contributed by atoms with Gasteiger partial charge in [0.25, 0.3) is 5.56 Å². The van der Waals surface area contributed by atoms with Crippen LogP contribution in [-0.2, 0) is 0 Å². The average Bonchev–Trinajstić information content (AvgIpc) is 2.99. The second kappa shape index (κ2) is 5.00. The third-order valence-corrected chi connectivity index (χ3v) is 5.73. The molecule has 0 spiro atoms. The van der Waals surface area contributed by atoms with Crippen molar-refractivity contribution in [3.8, 4) is 0 Å². The van der Waals surface area contributed by atoms with Crippen molar-refractivity contribution in [2.75, 3.05) is 0 Å². The summed E-state index contributed by atoms with van der Waals surface area (Å²) in [5, 5.41) is 9.40. The third-order valence-electron chi connectivity index (χ3n) is 5.73. The molecule has 21 heavy (non-hydrogen) atoms. The van der Waals surface area contributed by atoms with Gasteiger partial charge in [-0.25, -0.2) is 4.79 Å². The zero-order valence-corrected chi connectivity index (χ0v) is 12.9. The van der Waals surface area contributed by atoms with Gasteiger partial charge in [0.05, 0.1) is 5.56 Å². The van der Waals surface area contributed by atoms with E-state index in [4.69, 9.17) is 0 Å². The number of aromatic carboxylic acids is 1. The molecule has 1 aromatic rings. The van der Waals surface area contributed by atoms with E-state index in [1.165, 1.54) is 31.7 Å². The van der Waals surface area contributed by atoms with Crippen molar-refractivity contribution in [1.29, 1.82) is 0 Å². The fraction of sp³-hybridized carbons (Fsp3) is 0.647. The van der Waals surface area contributed by atoms with E-state index < -0.39 is 5.97 Å². The molecule has 2 bridgehead atoms. The fourth-order valence-electron chi connectivity index (χ4n) is 4.80. The van der Waals surface area contributed by atoms with E-state index in [-0.39, 0.29) is 17.2 Å². The number of fused-ring (bicyclic) bond motifs is 2. The molecule has 0 amide bonds. The van der Waals surface area contributed by atoms with Gasteiger partial charge in [-0.3, -0.25) is 4.79 Å². The van der Waals surface area contributed by atoms with Crippen molar-refractivity contribution >= 4 is 5.97 Å². The average molecular weight is 289 g/mol. The lowest BCUT2D eigenvalue weighted by molar-refractivity contribution is 0.0693. The Morgan fingerprint density at radius 3 is 2.57 bits per heavy atom. The van der Waals surface area contributed by atoms with Gasteiger partial charge in [-0.2, -0.15) is 0 Å². The van der Waals surface area contributed by atoms with Crippen LogP contribution in [0.25, 0.3) is 0 Å². The Morgan fingerprint density at radius 2 is 2.05 bits per heavy atom. The van der Waals surface area contributed by atoms with Crippen LogP contribution in [0, 0.1) is 31.6 Å². The molecule has 0 radical (unpaired) electrons. The van der Waals surface area contributed by atoms with Crippen molar-refractivity contribution in [2.24, 2.45) is 17.8 Å². The van der Waals surface area contributed by atoms with Crippen LogP contribution in [0.15, 0.2) is 10.9 Å². The molecule has 1 heterocycles. The summed E-state index contributed by atoms with van der Waals surface area (Å²) in [4.78, 5) is 23.9. The largest absolute Gasteiger partial charge is 0.478 e. The Balaban J connectivity index is 2.04. The zero-order valence-electron chi connectivity index (χ0n) is 12.9. The summed E-state index contributed by atoms with van der Waals surface area (Å²) in [7, 11) is 0. The number of aromatic nitrogens is 1. The topological polar surface area (TPSA) is 59.3 Å². The van der Waals surface area contributed by atoms with Crippen LogP contribution in [0.4, 0.5) is 0 Å².